The Morgan fingerprint density at radius 2 is 1.10 bits per heavy atom. The molecule has 0 heterocycles. The fourth-order valence-electron chi connectivity index (χ4n) is 2.68. The molecular formula is C18H37N2P. The maximum absolute atomic E-state index is 8.51. The summed E-state index contributed by atoms with van der Waals surface area (Å²) in [5.41, 5.74) is 0. The summed E-state index contributed by atoms with van der Waals surface area (Å²) >= 11 is 0. The summed E-state index contributed by atoms with van der Waals surface area (Å²) < 4.78 is 0. The summed E-state index contributed by atoms with van der Waals surface area (Å²) in [5, 5.41) is 11.4. The first-order chi connectivity index (χ1) is 10.3. The number of nitrogens with one attached hydrogen (secondary N) is 1. The van der Waals surface area contributed by atoms with E-state index in [0.717, 1.165) is 0 Å². The highest BCUT2D eigenvalue weighted by Crippen LogP contribution is 2.26. The van der Waals surface area contributed by atoms with Gasteiger partial charge in [-0.15, -0.1) is 0 Å². The second-order valence-electron chi connectivity index (χ2n) is 6.24. The van der Waals surface area contributed by atoms with Gasteiger partial charge in [-0.05, 0) is 27.3 Å². The molecule has 0 radical (unpaired) electrons. The van der Waals surface area contributed by atoms with E-state index in [1.807, 2.05) is 6.19 Å². The van der Waals surface area contributed by atoms with Gasteiger partial charge in [-0.25, -0.2) is 0 Å². The Bertz CT molecular complexity index is 238. The Labute approximate surface area is 134 Å². The van der Waals surface area contributed by atoms with Gasteiger partial charge in [0.05, 0.1) is 0 Å². The van der Waals surface area contributed by atoms with Crippen molar-refractivity contribution < 1.29 is 0 Å². The van der Waals surface area contributed by atoms with E-state index in [9.17, 15) is 0 Å². The van der Waals surface area contributed by atoms with Crippen molar-refractivity contribution in [2.45, 2.75) is 96.8 Å². The summed E-state index contributed by atoms with van der Waals surface area (Å²) in [6.45, 7) is 4.44. The summed E-state index contributed by atoms with van der Waals surface area (Å²) in [6.07, 6.45) is 23.0. The molecule has 0 saturated carbocycles. The minimum atomic E-state index is -0.232. The third-order valence-corrected chi connectivity index (χ3v) is 5.56. The van der Waals surface area contributed by atoms with E-state index >= 15 is 0 Å². The topological polar surface area (TPSA) is 35.8 Å². The van der Waals surface area contributed by atoms with Crippen LogP contribution in [0, 0.1) is 11.5 Å². The van der Waals surface area contributed by atoms with Crippen molar-refractivity contribution >= 4 is 8.07 Å². The zero-order chi connectivity index (χ0) is 15.6. The van der Waals surface area contributed by atoms with Crippen LogP contribution in [0.5, 0.6) is 0 Å². The number of hydrogen-bond donors (Lipinski definition) is 1. The van der Waals surface area contributed by atoms with Crippen LogP contribution in [0.4, 0.5) is 0 Å². The molecule has 0 aliphatic rings. The van der Waals surface area contributed by atoms with Crippen LogP contribution in [0.15, 0.2) is 0 Å². The van der Waals surface area contributed by atoms with E-state index in [0.29, 0.717) is 0 Å². The number of rotatable bonds is 16. The monoisotopic (exact) mass is 312 g/mol. The third-order valence-electron chi connectivity index (χ3n) is 4.09. The van der Waals surface area contributed by atoms with E-state index in [1.165, 1.54) is 96.1 Å². The van der Waals surface area contributed by atoms with Crippen molar-refractivity contribution in [1.29, 1.82) is 5.26 Å². The van der Waals surface area contributed by atoms with Crippen LogP contribution >= 0.6 is 8.07 Å². The van der Waals surface area contributed by atoms with Crippen LogP contribution in [0.3, 0.4) is 0 Å². The number of nitrogens with zero attached hydrogens (tertiary/aromatic N) is 1. The number of hydrogen-bond acceptors (Lipinski definition) is 2. The molecule has 3 heteroatoms. The lowest BCUT2D eigenvalue weighted by molar-refractivity contribution is 0.538. The summed E-state index contributed by atoms with van der Waals surface area (Å²) in [4.78, 5) is 0. The zero-order valence-corrected chi connectivity index (χ0v) is 15.4. The van der Waals surface area contributed by atoms with Crippen LogP contribution < -0.4 is 5.09 Å². The first kappa shape index (κ1) is 20.7. The lowest BCUT2D eigenvalue weighted by Crippen LogP contribution is -1.99. The highest BCUT2D eigenvalue weighted by molar-refractivity contribution is 7.54. The molecule has 0 fully saturated rings. The van der Waals surface area contributed by atoms with Crippen LogP contribution in [0.2, 0.25) is 0 Å². The maximum atomic E-state index is 8.51. The van der Waals surface area contributed by atoms with Gasteiger partial charge in [0.1, 0.15) is 0 Å². The van der Waals surface area contributed by atoms with Crippen LogP contribution in [-0.2, 0) is 0 Å². The van der Waals surface area contributed by atoms with E-state index in [2.05, 4.69) is 18.7 Å². The smallest absolute Gasteiger partial charge is 0.180 e. The van der Waals surface area contributed by atoms with Gasteiger partial charge < -0.3 is 5.09 Å². The molecule has 0 spiro atoms. The van der Waals surface area contributed by atoms with Crippen LogP contribution in [0.25, 0.3) is 0 Å². The standard InChI is InChI=1S/C18H37N2P/c1-3-4-5-6-7-8-9-10-11-12-13-14-15-16-17-21(2)20-18-19/h20H,3-17H2,1-2H3. The molecule has 0 rings (SSSR count). The molecule has 21 heavy (non-hydrogen) atoms. The molecule has 0 bridgehead atoms. The van der Waals surface area contributed by atoms with E-state index in [-0.39, 0.29) is 8.07 Å². The maximum Gasteiger partial charge on any atom is 0.180 e. The predicted molar refractivity (Wildman–Crippen MR) is 96.8 cm³/mol. The van der Waals surface area contributed by atoms with Crippen molar-refractivity contribution in [2.75, 3.05) is 12.8 Å². The highest BCUT2D eigenvalue weighted by atomic mass is 31.1. The van der Waals surface area contributed by atoms with E-state index in [1.54, 1.807) is 0 Å². The largest absolute Gasteiger partial charge is 0.303 e. The molecule has 0 amide bonds. The zero-order valence-electron chi connectivity index (χ0n) is 14.5. The van der Waals surface area contributed by atoms with Crippen molar-refractivity contribution in [3.05, 3.63) is 0 Å². The Hall–Kier alpha value is -0.280. The first-order valence-electron chi connectivity index (χ1n) is 9.17. The van der Waals surface area contributed by atoms with Gasteiger partial charge >= 0.3 is 0 Å². The van der Waals surface area contributed by atoms with E-state index < -0.39 is 0 Å². The first-order valence-corrected chi connectivity index (χ1v) is 11.1. The Balaban J connectivity index is 3.01. The van der Waals surface area contributed by atoms with Crippen molar-refractivity contribution in [2.24, 2.45) is 0 Å². The predicted octanol–water partition coefficient (Wildman–Crippen LogP) is 6.57. The molecular weight excluding hydrogens is 275 g/mol. The minimum Gasteiger partial charge on any atom is -0.303 e. The van der Waals surface area contributed by atoms with Crippen LogP contribution in [-0.4, -0.2) is 12.8 Å². The molecule has 0 aromatic rings. The van der Waals surface area contributed by atoms with Gasteiger partial charge in [-0.1, -0.05) is 90.4 Å². The third kappa shape index (κ3) is 17.7. The second-order valence-corrected chi connectivity index (χ2v) is 8.31. The number of nitriles is 1. The van der Waals surface area contributed by atoms with E-state index in [4.69, 9.17) is 5.26 Å². The lowest BCUT2D eigenvalue weighted by atomic mass is 10.0. The molecule has 0 aromatic carbocycles. The second kappa shape index (κ2) is 17.8. The fraction of sp³-hybridized carbons (Fsp3) is 0.944. The normalized spacial score (nSPS) is 12.0. The molecule has 1 atom stereocenters. The van der Waals surface area contributed by atoms with Gasteiger partial charge in [-0.2, -0.15) is 5.26 Å². The van der Waals surface area contributed by atoms with Gasteiger partial charge in [0.15, 0.2) is 6.19 Å². The molecule has 0 aliphatic carbocycles. The Morgan fingerprint density at radius 1 is 0.714 bits per heavy atom. The highest BCUT2D eigenvalue weighted by Gasteiger charge is 1.99. The Kier molecular flexibility index (Phi) is 17.5. The van der Waals surface area contributed by atoms with Crippen molar-refractivity contribution in [1.82, 2.24) is 5.09 Å². The summed E-state index contributed by atoms with van der Waals surface area (Å²) in [5.74, 6) is 0. The summed E-state index contributed by atoms with van der Waals surface area (Å²) in [7, 11) is -0.232. The molecule has 124 valence electrons. The molecule has 0 aromatic heterocycles. The SMILES string of the molecule is CCCCCCCCCCCCCCCCP(C)NC#N. The lowest BCUT2D eigenvalue weighted by Gasteiger charge is -2.08. The van der Waals surface area contributed by atoms with Crippen molar-refractivity contribution in [3.8, 4) is 6.19 Å². The fourth-order valence-corrected chi connectivity index (χ4v) is 3.67. The van der Waals surface area contributed by atoms with Gasteiger partial charge in [0.2, 0.25) is 0 Å². The average Bonchev–Trinajstić information content (AvgIpc) is 2.48. The summed E-state index contributed by atoms with van der Waals surface area (Å²) in [6, 6.07) is 0. The molecule has 0 saturated heterocycles. The molecule has 0 aliphatic heterocycles. The van der Waals surface area contributed by atoms with Gasteiger partial charge in [-0.3, -0.25) is 0 Å². The number of unbranched alkanes of at least 4 members (excludes halogenated alkanes) is 13. The average molecular weight is 312 g/mol. The Morgan fingerprint density at radius 3 is 1.48 bits per heavy atom. The molecule has 1 unspecified atom stereocenters. The minimum absolute atomic E-state index is 0.232. The quantitative estimate of drug-likeness (QED) is 0.151. The van der Waals surface area contributed by atoms with Crippen molar-refractivity contribution in [3.63, 3.8) is 0 Å². The molecule has 2 nitrogen and oxygen atoms in total. The van der Waals surface area contributed by atoms with Gasteiger partial charge in [0, 0.05) is 0 Å². The van der Waals surface area contributed by atoms with Crippen LogP contribution in [0.1, 0.15) is 96.8 Å². The molecule has 1 N–H and O–H groups in total. The van der Waals surface area contributed by atoms with Gasteiger partial charge in [0.25, 0.3) is 0 Å².